The Morgan fingerprint density at radius 3 is 2.36 bits per heavy atom. The third-order valence-corrected chi connectivity index (χ3v) is 6.08. The molecule has 2 fully saturated rings. The van der Waals surface area contributed by atoms with Gasteiger partial charge in [0.2, 0.25) is 5.75 Å². The van der Waals surface area contributed by atoms with Gasteiger partial charge in [-0.1, -0.05) is 0 Å². The minimum Gasteiger partial charge on any atom is -0.489 e. The van der Waals surface area contributed by atoms with E-state index in [0.717, 1.165) is 57.8 Å². The van der Waals surface area contributed by atoms with E-state index in [2.05, 4.69) is 37.7 Å². The summed E-state index contributed by atoms with van der Waals surface area (Å²) in [7, 11) is 3.65. The number of piperidine rings is 1. The Bertz CT molecular complexity index is 627. The number of ether oxygens (including phenoxy) is 1. The largest absolute Gasteiger partial charge is 0.489 e. The molecule has 0 spiro atoms. The maximum Gasteiger partial charge on any atom is 0.312 e. The summed E-state index contributed by atoms with van der Waals surface area (Å²) in [6, 6.07) is 4.00. The molecule has 2 aliphatic heterocycles. The van der Waals surface area contributed by atoms with Crippen molar-refractivity contribution in [3.8, 4) is 5.75 Å². The Morgan fingerprint density at radius 2 is 1.80 bits per heavy atom. The molecule has 138 valence electrons. The van der Waals surface area contributed by atoms with Gasteiger partial charge in [-0.25, -0.2) is 0 Å². The molecule has 0 atom stereocenters. The lowest BCUT2D eigenvalue weighted by Gasteiger charge is -2.42. The number of nitro benzene ring substituents is 1. The maximum atomic E-state index is 11.1. The highest BCUT2D eigenvalue weighted by atomic mass is 79.9. The van der Waals surface area contributed by atoms with Crippen molar-refractivity contribution in [2.45, 2.75) is 18.9 Å². The van der Waals surface area contributed by atoms with Gasteiger partial charge in [-0.15, -0.1) is 0 Å². The molecule has 7 nitrogen and oxygen atoms in total. The second-order valence-electron chi connectivity index (χ2n) is 6.77. The first-order valence-corrected chi connectivity index (χ1v) is 9.49. The number of halogens is 1. The van der Waals surface area contributed by atoms with Gasteiger partial charge >= 0.3 is 5.69 Å². The highest BCUT2D eigenvalue weighted by Gasteiger charge is 2.29. The quantitative estimate of drug-likeness (QED) is 0.559. The van der Waals surface area contributed by atoms with Gasteiger partial charge in [-0.3, -0.25) is 15.0 Å². The highest BCUT2D eigenvalue weighted by molar-refractivity contribution is 9.10. The summed E-state index contributed by atoms with van der Waals surface area (Å²) in [5.41, 5.74) is 0.963. The van der Waals surface area contributed by atoms with Crippen LogP contribution in [-0.4, -0.2) is 74.2 Å². The number of anilines is 1. The second-order valence-corrected chi connectivity index (χ2v) is 7.56. The summed E-state index contributed by atoms with van der Waals surface area (Å²) >= 11 is 3.51. The predicted molar refractivity (Wildman–Crippen MR) is 102 cm³/mol. The van der Waals surface area contributed by atoms with Crippen molar-refractivity contribution < 1.29 is 9.66 Å². The Morgan fingerprint density at radius 1 is 1.16 bits per heavy atom. The lowest BCUT2D eigenvalue weighted by Crippen LogP contribution is -2.52. The van der Waals surface area contributed by atoms with Crippen LogP contribution in [0.4, 0.5) is 11.4 Å². The first kappa shape index (κ1) is 18.4. The van der Waals surface area contributed by atoms with E-state index in [-0.39, 0.29) is 5.69 Å². The summed E-state index contributed by atoms with van der Waals surface area (Å²) in [6.07, 6.45) is 2.24. The number of likely N-dealkylation sites (N-methyl/N-ethyl adjacent to an activating group) is 1. The Labute approximate surface area is 156 Å². The molecule has 0 amide bonds. The first-order valence-electron chi connectivity index (χ1n) is 8.69. The molecule has 3 rings (SSSR count). The van der Waals surface area contributed by atoms with Crippen LogP contribution in [0.15, 0.2) is 16.6 Å². The molecular formula is C17H25BrN4O3. The maximum absolute atomic E-state index is 11.1. The van der Waals surface area contributed by atoms with Crippen molar-refractivity contribution in [3.05, 3.63) is 26.7 Å². The summed E-state index contributed by atoms with van der Waals surface area (Å²) < 4.78 is 5.94. The average Bonchev–Trinajstić information content (AvgIpc) is 2.62. The van der Waals surface area contributed by atoms with Gasteiger partial charge in [0.25, 0.3) is 0 Å². The van der Waals surface area contributed by atoms with Gasteiger partial charge in [0.05, 0.1) is 22.2 Å². The summed E-state index contributed by atoms with van der Waals surface area (Å²) in [6.45, 7) is 6.50. The van der Waals surface area contributed by atoms with Crippen LogP contribution in [0.1, 0.15) is 12.8 Å². The molecule has 0 bridgehead atoms. The van der Waals surface area contributed by atoms with Crippen LogP contribution in [0.2, 0.25) is 0 Å². The van der Waals surface area contributed by atoms with E-state index in [4.69, 9.17) is 4.74 Å². The average molecular weight is 413 g/mol. The number of piperazine rings is 1. The third-order valence-electron chi connectivity index (χ3n) is 5.32. The minimum atomic E-state index is -0.410. The molecule has 0 N–H and O–H groups in total. The Hall–Kier alpha value is -1.38. The highest BCUT2D eigenvalue weighted by Crippen LogP contribution is 2.42. The smallest absolute Gasteiger partial charge is 0.312 e. The monoisotopic (exact) mass is 412 g/mol. The number of methoxy groups -OCH3 is 1. The molecule has 0 saturated carbocycles. The molecule has 25 heavy (non-hydrogen) atoms. The topological polar surface area (TPSA) is 62.1 Å². The van der Waals surface area contributed by atoms with E-state index in [1.165, 1.54) is 13.2 Å². The van der Waals surface area contributed by atoms with Gasteiger partial charge in [-0.2, -0.15) is 0 Å². The molecule has 1 aromatic carbocycles. The van der Waals surface area contributed by atoms with Crippen molar-refractivity contribution in [3.63, 3.8) is 0 Å². The summed E-state index contributed by atoms with van der Waals surface area (Å²) in [4.78, 5) is 18.0. The number of hydrogen-bond acceptors (Lipinski definition) is 6. The van der Waals surface area contributed by atoms with Crippen LogP contribution < -0.4 is 9.64 Å². The fourth-order valence-corrected chi connectivity index (χ4v) is 4.52. The van der Waals surface area contributed by atoms with Gasteiger partial charge in [0, 0.05) is 51.4 Å². The fourth-order valence-electron chi connectivity index (χ4n) is 3.78. The third kappa shape index (κ3) is 3.91. The van der Waals surface area contributed by atoms with Crippen LogP contribution >= 0.6 is 15.9 Å². The number of nitrogens with zero attached hydrogens (tertiary/aromatic N) is 4. The molecule has 0 aliphatic carbocycles. The fraction of sp³-hybridized carbons (Fsp3) is 0.647. The van der Waals surface area contributed by atoms with Crippen molar-refractivity contribution in [2.75, 3.05) is 58.3 Å². The van der Waals surface area contributed by atoms with Gasteiger partial charge in [0.1, 0.15) is 0 Å². The van der Waals surface area contributed by atoms with Gasteiger partial charge < -0.3 is 14.5 Å². The number of benzene rings is 1. The van der Waals surface area contributed by atoms with E-state index in [1.54, 1.807) is 0 Å². The molecule has 2 saturated heterocycles. The van der Waals surface area contributed by atoms with Crippen molar-refractivity contribution in [2.24, 2.45) is 0 Å². The van der Waals surface area contributed by atoms with Gasteiger partial charge in [-0.05, 0) is 41.9 Å². The standard InChI is InChI=1S/C17H25BrN4O3/c1-19-9-11-20(12-10-19)13-5-7-21(8-6-13)14-3-4-15(22(23)24)17(25-2)16(14)18/h3-4,13H,5-12H2,1-2H3. The Kier molecular flexibility index (Phi) is 5.81. The predicted octanol–water partition coefficient (Wildman–Crippen LogP) is 2.58. The van der Waals surface area contributed by atoms with E-state index in [9.17, 15) is 10.1 Å². The van der Waals surface area contributed by atoms with Crippen molar-refractivity contribution in [1.29, 1.82) is 0 Å². The van der Waals surface area contributed by atoms with E-state index >= 15 is 0 Å². The molecule has 0 unspecified atom stereocenters. The van der Waals surface area contributed by atoms with Crippen LogP contribution in [0.3, 0.4) is 0 Å². The minimum absolute atomic E-state index is 0.00884. The Balaban J connectivity index is 1.68. The normalized spacial score (nSPS) is 20.7. The SMILES string of the molecule is COc1c([N+](=O)[O-])ccc(N2CCC(N3CCN(C)CC3)CC2)c1Br. The number of hydrogen-bond donors (Lipinski definition) is 0. The zero-order valence-electron chi connectivity index (χ0n) is 14.8. The van der Waals surface area contributed by atoms with Crippen molar-refractivity contribution in [1.82, 2.24) is 9.80 Å². The van der Waals surface area contributed by atoms with E-state index in [0.29, 0.717) is 16.3 Å². The van der Waals surface area contributed by atoms with Crippen LogP contribution in [0.5, 0.6) is 5.75 Å². The summed E-state index contributed by atoms with van der Waals surface area (Å²) in [5.74, 6) is 0.295. The second kappa shape index (κ2) is 7.88. The van der Waals surface area contributed by atoms with Crippen LogP contribution in [0, 0.1) is 10.1 Å². The molecular weight excluding hydrogens is 388 g/mol. The van der Waals surface area contributed by atoms with E-state index < -0.39 is 4.92 Å². The molecule has 8 heteroatoms. The zero-order valence-corrected chi connectivity index (χ0v) is 16.4. The van der Waals surface area contributed by atoms with Crippen LogP contribution in [0.25, 0.3) is 0 Å². The van der Waals surface area contributed by atoms with Gasteiger partial charge in [0.15, 0.2) is 0 Å². The molecule has 2 heterocycles. The first-order chi connectivity index (χ1) is 12.0. The van der Waals surface area contributed by atoms with E-state index in [1.807, 2.05) is 6.07 Å². The lowest BCUT2D eigenvalue weighted by molar-refractivity contribution is -0.385. The molecule has 1 aromatic rings. The molecule has 2 aliphatic rings. The lowest BCUT2D eigenvalue weighted by atomic mass is 10.0. The molecule has 0 aromatic heterocycles. The van der Waals surface area contributed by atoms with Crippen LogP contribution in [-0.2, 0) is 0 Å². The molecule has 0 radical (unpaired) electrons. The van der Waals surface area contributed by atoms with Crippen molar-refractivity contribution >= 4 is 27.3 Å². The number of rotatable bonds is 4. The summed E-state index contributed by atoms with van der Waals surface area (Å²) in [5, 5.41) is 11.1. The number of nitro groups is 1. The zero-order chi connectivity index (χ0) is 18.0.